The van der Waals surface area contributed by atoms with E-state index >= 15 is 0 Å². The molecule has 0 saturated carbocycles. The van der Waals surface area contributed by atoms with Crippen LogP contribution in [-0.4, -0.2) is 30.2 Å². The molecule has 2 atom stereocenters. The third kappa shape index (κ3) is 3.75. The summed E-state index contributed by atoms with van der Waals surface area (Å²) in [5.41, 5.74) is 2.52. The Bertz CT molecular complexity index is 881. The van der Waals surface area contributed by atoms with Gasteiger partial charge in [0.05, 0.1) is 13.2 Å². The number of piperidine rings is 1. The van der Waals surface area contributed by atoms with Crippen LogP contribution in [0.1, 0.15) is 36.8 Å². The number of carbonyl (C=O) groups excluding carboxylic acids is 1. The summed E-state index contributed by atoms with van der Waals surface area (Å²) in [6.07, 6.45) is 5.23. The number of benzene rings is 2. The van der Waals surface area contributed by atoms with E-state index in [1.165, 1.54) is 13.2 Å². The second-order valence-corrected chi connectivity index (χ2v) is 7.34. The molecular weight excluding hydrogens is 357 g/mol. The Morgan fingerprint density at radius 3 is 2.71 bits per heavy atom. The number of nitrogens with zero attached hydrogens (tertiary/aromatic N) is 1. The molecule has 2 aliphatic heterocycles. The fourth-order valence-electron chi connectivity index (χ4n) is 4.19. The van der Waals surface area contributed by atoms with Crippen molar-refractivity contribution in [2.75, 3.05) is 7.11 Å². The maximum atomic E-state index is 14.5. The molecule has 2 aromatic carbocycles. The van der Waals surface area contributed by atoms with Gasteiger partial charge in [-0.1, -0.05) is 36.4 Å². The summed E-state index contributed by atoms with van der Waals surface area (Å²) in [5.74, 6) is 0.216. The third-order valence-electron chi connectivity index (χ3n) is 5.58. The Morgan fingerprint density at radius 1 is 1.18 bits per heavy atom. The van der Waals surface area contributed by atoms with E-state index < -0.39 is 0 Å². The Hall–Kier alpha value is -2.82. The molecule has 1 amide bonds. The van der Waals surface area contributed by atoms with E-state index in [1.54, 1.807) is 12.1 Å². The molecule has 4 nitrogen and oxygen atoms in total. The number of hydrogen-bond acceptors (Lipinski definition) is 3. The monoisotopic (exact) mass is 381 g/mol. The number of fused-ring (bicyclic) bond motifs is 2. The van der Waals surface area contributed by atoms with Crippen LogP contribution in [0.15, 0.2) is 54.6 Å². The molecule has 0 spiro atoms. The number of hydrogen-bond donors (Lipinski definition) is 0. The lowest BCUT2D eigenvalue weighted by Crippen LogP contribution is -2.51. The first-order chi connectivity index (χ1) is 13.7. The van der Waals surface area contributed by atoms with Gasteiger partial charge in [-0.3, -0.25) is 4.90 Å². The largest absolute Gasteiger partial charge is 0.497 e. The van der Waals surface area contributed by atoms with Crippen LogP contribution < -0.4 is 4.74 Å². The van der Waals surface area contributed by atoms with Crippen LogP contribution >= 0.6 is 0 Å². The Kier molecular flexibility index (Phi) is 5.33. The highest BCUT2D eigenvalue weighted by atomic mass is 19.1. The Labute approximate surface area is 164 Å². The fraction of sp³-hybridized carbons (Fsp3) is 0.348. The lowest BCUT2D eigenvalue weighted by molar-refractivity contribution is 0.0510. The molecule has 2 bridgehead atoms. The van der Waals surface area contributed by atoms with Gasteiger partial charge in [0.25, 0.3) is 0 Å². The van der Waals surface area contributed by atoms with E-state index in [9.17, 15) is 9.18 Å². The third-order valence-corrected chi connectivity index (χ3v) is 5.58. The van der Waals surface area contributed by atoms with E-state index in [2.05, 4.69) is 0 Å². The number of methoxy groups -OCH3 is 1. The smallest absolute Gasteiger partial charge is 0.410 e. The molecule has 0 aliphatic carbocycles. The molecular formula is C23H24FNO3. The maximum Gasteiger partial charge on any atom is 0.410 e. The highest BCUT2D eigenvalue weighted by Crippen LogP contribution is 2.38. The summed E-state index contributed by atoms with van der Waals surface area (Å²) in [7, 11) is 1.53. The van der Waals surface area contributed by atoms with Crippen LogP contribution in [0.3, 0.4) is 0 Å². The molecule has 0 radical (unpaired) electrons. The van der Waals surface area contributed by atoms with E-state index in [0.29, 0.717) is 17.7 Å². The van der Waals surface area contributed by atoms with Crippen LogP contribution in [0.4, 0.5) is 9.18 Å². The van der Waals surface area contributed by atoms with Gasteiger partial charge in [-0.05, 0) is 49.0 Å². The molecule has 5 heteroatoms. The molecule has 0 N–H and O–H groups in total. The molecule has 1 saturated heterocycles. The normalized spacial score (nSPS) is 21.1. The molecule has 2 aliphatic rings. The minimum Gasteiger partial charge on any atom is -0.497 e. The van der Waals surface area contributed by atoms with Crippen molar-refractivity contribution in [1.29, 1.82) is 0 Å². The predicted molar refractivity (Wildman–Crippen MR) is 105 cm³/mol. The van der Waals surface area contributed by atoms with Gasteiger partial charge in [0.1, 0.15) is 18.2 Å². The minimum atomic E-state index is -0.288. The second-order valence-electron chi connectivity index (χ2n) is 7.34. The number of amides is 1. The first-order valence-corrected chi connectivity index (χ1v) is 9.69. The number of rotatable bonds is 4. The first kappa shape index (κ1) is 18.5. The van der Waals surface area contributed by atoms with Crippen molar-refractivity contribution in [1.82, 2.24) is 4.90 Å². The van der Waals surface area contributed by atoms with Gasteiger partial charge in [-0.15, -0.1) is 0 Å². The van der Waals surface area contributed by atoms with Crippen LogP contribution in [0.2, 0.25) is 0 Å². The van der Waals surface area contributed by atoms with Gasteiger partial charge in [0, 0.05) is 17.7 Å². The quantitative estimate of drug-likeness (QED) is 0.732. The SMILES string of the molecule is COc1ccc(C2=CC3CCCC(C2)N3C(=O)OCc2ccccc2)c(F)c1. The minimum absolute atomic E-state index is 0.0449. The van der Waals surface area contributed by atoms with E-state index in [0.717, 1.165) is 30.4 Å². The van der Waals surface area contributed by atoms with E-state index in [1.807, 2.05) is 41.3 Å². The lowest BCUT2D eigenvalue weighted by Gasteiger charge is -2.44. The van der Waals surface area contributed by atoms with Crippen molar-refractivity contribution in [3.8, 4) is 5.75 Å². The van der Waals surface area contributed by atoms with Crippen molar-refractivity contribution in [2.45, 2.75) is 44.4 Å². The van der Waals surface area contributed by atoms with Crippen LogP contribution in [0, 0.1) is 5.82 Å². The zero-order chi connectivity index (χ0) is 19.5. The fourth-order valence-corrected chi connectivity index (χ4v) is 4.19. The summed E-state index contributed by atoms with van der Waals surface area (Å²) in [5, 5.41) is 0. The van der Waals surface area contributed by atoms with Gasteiger partial charge in [-0.2, -0.15) is 0 Å². The summed E-state index contributed by atoms with van der Waals surface area (Å²) in [4.78, 5) is 14.6. The zero-order valence-electron chi connectivity index (χ0n) is 15.9. The van der Waals surface area contributed by atoms with Crippen LogP contribution in [0.5, 0.6) is 5.75 Å². The molecule has 2 aromatic rings. The average molecular weight is 381 g/mol. The summed E-state index contributed by atoms with van der Waals surface area (Å²) in [6.45, 7) is 0.263. The first-order valence-electron chi connectivity index (χ1n) is 9.69. The van der Waals surface area contributed by atoms with E-state index in [-0.39, 0.29) is 30.6 Å². The number of carbonyl (C=O) groups is 1. The van der Waals surface area contributed by atoms with Crippen molar-refractivity contribution in [3.63, 3.8) is 0 Å². The molecule has 28 heavy (non-hydrogen) atoms. The molecule has 1 fully saturated rings. The zero-order valence-corrected chi connectivity index (χ0v) is 15.9. The average Bonchev–Trinajstić information content (AvgIpc) is 2.71. The van der Waals surface area contributed by atoms with Crippen molar-refractivity contribution >= 4 is 11.7 Å². The highest BCUT2D eigenvalue weighted by molar-refractivity contribution is 5.75. The summed E-state index contributed by atoms with van der Waals surface area (Å²) >= 11 is 0. The van der Waals surface area contributed by atoms with Crippen molar-refractivity contribution < 1.29 is 18.7 Å². The molecule has 2 unspecified atom stereocenters. The lowest BCUT2D eigenvalue weighted by atomic mass is 9.83. The number of halogens is 1. The Morgan fingerprint density at radius 2 is 2.00 bits per heavy atom. The summed E-state index contributed by atoms with van der Waals surface area (Å²) < 4.78 is 25.2. The molecule has 4 rings (SSSR count). The van der Waals surface area contributed by atoms with Crippen molar-refractivity contribution in [3.05, 3.63) is 71.6 Å². The topological polar surface area (TPSA) is 38.8 Å². The Balaban J connectivity index is 1.52. The number of ether oxygens (including phenoxy) is 2. The summed E-state index contributed by atoms with van der Waals surface area (Å²) in [6, 6.07) is 14.6. The highest BCUT2D eigenvalue weighted by Gasteiger charge is 2.38. The molecule has 2 heterocycles. The predicted octanol–water partition coefficient (Wildman–Crippen LogP) is 5.18. The van der Waals surface area contributed by atoms with Crippen LogP contribution in [0.25, 0.3) is 5.57 Å². The van der Waals surface area contributed by atoms with Gasteiger partial charge in [-0.25, -0.2) is 9.18 Å². The van der Waals surface area contributed by atoms with Gasteiger partial charge >= 0.3 is 6.09 Å². The maximum absolute atomic E-state index is 14.5. The van der Waals surface area contributed by atoms with E-state index in [4.69, 9.17) is 9.47 Å². The standard InChI is InChI=1S/C23H24FNO3/c1-27-20-10-11-21(22(24)14-20)17-12-18-8-5-9-19(13-17)25(18)23(26)28-15-16-6-3-2-4-7-16/h2-4,6-7,10-12,14,18-19H,5,8-9,13,15H2,1H3. The molecule has 146 valence electrons. The second kappa shape index (κ2) is 8.05. The van der Waals surface area contributed by atoms with Gasteiger partial charge < -0.3 is 9.47 Å². The molecule has 0 aromatic heterocycles. The van der Waals surface area contributed by atoms with Crippen molar-refractivity contribution in [2.24, 2.45) is 0 Å². The van der Waals surface area contributed by atoms with Gasteiger partial charge in [0.2, 0.25) is 0 Å². The van der Waals surface area contributed by atoms with Gasteiger partial charge in [0.15, 0.2) is 0 Å². The van der Waals surface area contributed by atoms with Crippen LogP contribution in [-0.2, 0) is 11.3 Å².